The van der Waals surface area contributed by atoms with Crippen molar-refractivity contribution in [2.45, 2.75) is 4.90 Å². The van der Waals surface area contributed by atoms with Crippen LogP contribution in [0.1, 0.15) is 10.4 Å². The molecular formula is C25H31N5O6S2. The van der Waals surface area contributed by atoms with Crippen LogP contribution in [-0.2, 0) is 19.7 Å². The first-order valence-corrected chi connectivity index (χ1v) is 15.7. The van der Waals surface area contributed by atoms with Crippen LogP contribution < -0.4 is 5.32 Å². The van der Waals surface area contributed by atoms with Crippen LogP contribution in [0.3, 0.4) is 0 Å². The van der Waals surface area contributed by atoms with Gasteiger partial charge in [-0.2, -0.15) is 0 Å². The molecule has 1 aliphatic heterocycles. The number of hydrogen-bond acceptors (Lipinski definition) is 9. The molecule has 0 unspecified atom stereocenters. The summed E-state index contributed by atoms with van der Waals surface area (Å²) in [7, 11) is -4.76. The molecule has 1 aliphatic rings. The Kier molecular flexibility index (Phi) is 8.09. The molecule has 0 spiro atoms. The predicted octanol–water partition coefficient (Wildman–Crippen LogP) is 1.24. The van der Waals surface area contributed by atoms with Crippen LogP contribution >= 0.6 is 0 Å². The van der Waals surface area contributed by atoms with E-state index in [1.807, 2.05) is 6.20 Å². The van der Waals surface area contributed by atoms with E-state index in [9.17, 15) is 26.7 Å². The second-order valence-electron chi connectivity index (χ2n) is 9.38. The van der Waals surface area contributed by atoms with E-state index in [-0.39, 0.29) is 34.4 Å². The molecule has 2 aromatic heterocycles. The van der Waals surface area contributed by atoms with Crippen molar-refractivity contribution in [3.05, 3.63) is 54.4 Å². The van der Waals surface area contributed by atoms with Gasteiger partial charge < -0.3 is 25.2 Å². The Hall–Kier alpha value is -3.42. The summed E-state index contributed by atoms with van der Waals surface area (Å²) in [4.78, 5) is 24.0. The number of aromatic hydroxyl groups is 1. The highest BCUT2D eigenvalue weighted by Gasteiger charge is 2.19. The van der Waals surface area contributed by atoms with Crippen LogP contribution in [0.15, 0.2) is 53.7 Å². The minimum atomic E-state index is -3.60. The lowest BCUT2D eigenvalue weighted by molar-refractivity contribution is 0.0956. The monoisotopic (exact) mass is 561 g/mol. The molecule has 3 heterocycles. The summed E-state index contributed by atoms with van der Waals surface area (Å²) in [5.41, 5.74) is 1.48. The molecule has 11 nitrogen and oxygen atoms in total. The Bertz CT molecular complexity index is 1560. The number of amides is 1. The SMILES string of the molecule is CN1CCN(C=CCS(=O)(=O)c2ccc(-c3c(O)[nH]c4ccc(C(=O)NCCS(C)(=O)=O)cc34)nc2)CC1. The Morgan fingerprint density at radius 2 is 1.87 bits per heavy atom. The van der Waals surface area contributed by atoms with Crippen LogP contribution in [-0.4, -0.2) is 105 Å². The van der Waals surface area contributed by atoms with Gasteiger partial charge in [-0.25, -0.2) is 16.8 Å². The zero-order chi connectivity index (χ0) is 27.5. The maximum Gasteiger partial charge on any atom is 0.251 e. The number of sulfone groups is 2. The first kappa shape index (κ1) is 27.6. The number of hydrogen-bond donors (Lipinski definition) is 3. The van der Waals surface area contributed by atoms with Gasteiger partial charge >= 0.3 is 0 Å². The van der Waals surface area contributed by atoms with Crippen molar-refractivity contribution in [2.75, 3.05) is 57.5 Å². The molecule has 3 N–H and O–H groups in total. The summed E-state index contributed by atoms with van der Waals surface area (Å²) in [6.45, 7) is 3.53. The van der Waals surface area contributed by atoms with Gasteiger partial charge in [0.05, 0.1) is 27.7 Å². The van der Waals surface area contributed by atoms with Gasteiger partial charge in [-0.3, -0.25) is 9.78 Å². The molecule has 1 fully saturated rings. The van der Waals surface area contributed by atoms with Gasteiger partial charge in [0.15, 0.2) is 15.7 Å². The molecule has 1 amide bonds. The first-order valence-electron chi connectivity index (χ1n) is 12.0. The fraction of sp³-hybridized carbons (Fsp3) is 0.360. The van der Waals surface area contributed by atoms with Gasteiger partial charge in [0, 0.05) is 61.6 Å². The second kappa shape index (κ2) is 11.1. The fourth-order valence-electron chi connectivity index (χ4n) is 4.13. The van der Waals surface area contributed by atoms with Crippen molar-refractivity contribution in [1.29, 1.82) is 0 Å². The third-order valence-corrected chi connectivity index (χ3v) is 8.86. The van der Waals surface area contributed by atoms with Crippen LogP contribution in [0.4, 0.5) is 0 Å². The average Bonchev–Trinajstić information content (AvgIpc) is 3.19. The molecule has 204 valence electrons. The number of carbonyl (C=O) groups excluding carboxylic acids is 1. The second-order valence-corrected chi connectivity index (χ2v) is 13.7. The summed E-state index contributed by atoms with van der Waals surface area (Å²) < 4.78 is 48.2. The highest BCUT2D eigenvalue weighted by atomic mass is 32.2. The Balaban J connectivity index is 1.50. The van der Waals surface area contributed by atoms with Crippen molar-refractivity contribution < 1.29 is 26.7 Å². The molecule has 1 aromatic carbocycles. The van der Waals surface area contributed by atoms with Gasteiger partial charge in [-0.15, -0.1) is 0 Å². The summed E-state index contributed by atoms with van der Waals surface area (Å²) in [5.74, 6) is -0.965. The maximum atomic E-state index is 12.8. The molecule has 4 rings (SSSR count). The summed E-state index contributed by atoms with van der Waals surface area (Å²) in [5, 5.41) is 13.6. The number of piperazine rings is 1. The molecule has 3 aromatic rings. The van der Waals surface area contributed by atoms with Gasteiger partial charge in [0.1, 0.15) is 9.84 Å². The van der Waals surface area contributed by atoms with Crippen molar-refractivity contribution in [1.82, 2.24) is 25.1 Å². The number of aromatic nitrogens is 2. The number of H-pyrrole nitrogens is 1. The molecule has 0 aliphatic carbocycles. The smallest absolute Gasteiger partial charge is 0.251 e. The molecular weight excluding hydrogens is 530 g/mol. The Labute approximate surface area is 222 Å². The molecule has 38 heavy (non-hydrogen) atoms. The fourth-order valence-corrected chi connectivity index (χ4v) is 5.62. The number of aromatic amines is 1. The third-order valence-electron chi connectivity index (χ3n) is 6.32. The topological polar surface area (TPSA) is 153 Å². The maximum absolute atomic E-state index is 12.8. The van der Waals surface area contributed by atoms with Crippen LogP contribution in [0, 0.1) is 0 Å². The molecule has 13 heteroatoms. The molecule has 0 saturated carbocycles. The summed E-state index contributed by atoms with van der Waals surface area (Å²) >= 11 is 0. The molecule has 0 atom stereocenters. The third kappa shape index (κ3) is 6.71. The Morgan fingerprint density at radius 1 is 1.13 bits per heavy atom. The number of benzene rings is 1. The van der Waals surface area contributed by atoms with E-state index in [0.717, 1.165) is 32.4 Å². The lowest BCUT2D eigenvalue weighted by Gasteiger charge is -2.31. The van der Waals surface area contributed by atoms with Crippen molar-refractivity contribution in [3.8, 4) is 17.1 Å². The zero-order valence-corrected chi connectivity index (χ0v) is 22.8. The number of pyridine rings is 1. The van der Waals surface area contributed by atoms with Gasteiger partial charge in [0.25, 0.3) is 5.91 Å². The quantitative estimate of drug-likeness (QED) is 0.350. The predicted molar refractivity (Wildman–Crippen MR) is 146 cm³/mol. The number of likely N-dealkylation sites (N-methyl/N-ethyl adjacent to an activating group) is 1. The molecule has 0 radical (unpaired) electrons. The highest BCUT2D eigenvalue weighted by Crippen LogP contribution is 2.36. The van der Waals surface area contributed by atoms with E-state index < -0.39 is 25.6 Å². The summed E-state index contributed by atoms with van der Waals surface area (Å²) in [6, 6.07) is 7.69. The number of rotatable bonds is 9. The summed E-state index contributed by atoms with van der Waals surface area (Å²) in [6.07, 6.45) is 5.82. The van der Waals surface area contributed by atoms with Crippen LogP contribution in [0.25, 0.3) is 22.2 Å². The van der Waals surface area contributed by atoms with Gasteiger partial charge in [0.2, 0.25) is 0 Å². The average molecular weight is 562 g/mol. The normalized spacial score (nSPS) is 15.4. The lowest BCUT2D eigenvalue weighted by atomic mass is 10.1. The van der Waals surface area contributed by atoms with Crippen molar-refractivity contribution in [2.24, 2.45) is 0 Å². The number of nitrogens with zero attached hydrogens (tertiary/aromatic N) is 3. The largest absolute Gasteiger partial charge is 0.494 e. The van der Waals surface area contributed by atoms with Crippen molar-refractivity contribution >= 4 is 36.5 Å². The zero-order valence-electron chi connectivity index (χ0n) is 21.2. The molecule has 0 bridgehead atoms. The molecule has 1 saturated heterocycles. The van der Waals surface area contributed by atoms with E-state index in [4.69, 9.17) is 0 Å². The number of carbonyl (C=O) groups is 1. The van der Waals surface area contributed by atoms with E-state index in [2.05, 4.69) is 32.1 Å². The Morgan fingerprint density at radius 3 is 2.53 bits per heavy atom. The van der Waals surface area contributed by atoms with E-state index >= 15 is 0 Å². The van der Waals surface area contributed by atoms with Crippen LogP contribution in [0.5, 0.6) is 5.88 Å². The van der Waals surface area contributed by atoms with Gasteiger partial charge in [-0.1, -0.05) is 6.08 Å². The van der Waals surface area contributed by atoms with Crippen molar-refractivity contribution in [3.63, 3.8) is 0 Å². The highest BCUT2D eigenvalue weighted by molar-refractivity contribution is 7.91. The van der Waals surface area contributed by atoms with Crippen LogP contribution in [0.2, 0.25) is 0 Å². The standard InChI is InChI=1S/C25H31N5O6S2/c1-29-10-12-30(13-11-29)9-3-14-38(35,36)19-5-7-22(27-17-19)23-20-16-18(4-6-21(20)28-25(23)32)24(31)26-8-15-37(2,33)34/h3-7,9,16-17,28,32H,8,10-15H2,1-2H3,(H,26,31). The van der Waals surface area contributed by atoms with E-state index in [1.165, 1.54) is 18.3 Å². The minimum absolute atomic E-state index is 0.0248. The minimum Gasteiger partial charge on any atom is -0.494 e. The number of fused-ring (bicyclic) bond motifs is 1. The van der Waals surface area contributed by atoms with Gasteiger partial charge in [-0.05, 0) is 43.6 Å². The first-order chi connectivity index (χ1) is 17.9. The lowest BCUT2D eigenvalue weighted by Crippen LogP contribution is -2.41. The van der Waals surface area contributed by atoms with E-state index in [0.29, 0.717) is 22.2 Å². The number of nitrogens with one attached hydrogen (secondary N) is 2. The van der Waals surface area contributed by atoms with E-state index in [1.54, 1.807) is 24.3 Å².